The summed E-state index contributed by atoms with van der Waals surface area (Å²) in [5.41, 5.74) is 1.32. The molecule has 0 fully saturated rings. The molecule has 0 saturated heterocycles. The lowest BCUT2D eigenvalue weighted by Gasteiger charge is -2.12. The Kier molecular flexibility index (Phi) is 8.12. The van der Waals surface area contributed by atoms with Crippen molar-refractivity contribution >= 4 is 0 Å². The summed E-state index contributed by atoms with van der Waals surface area (Å²) in [6.07, 6.45) is 3.49. The molecule has 3 heteroatoms. The molecule has 0 amide bonds. The zero-order valence-electron chi connectivity index (χ0n) is 13.4. The average molecular weight is 279 g/mol. The molecular weight excluding hydrogens is 250 g/mol. The van der Waals surface area contributed by atoms with Gasteiger partial charge in [-0.3, -0.25) is 0 Å². The molecule has 1 aromatic carbocycles. The van der Waals surface area contributed by atoms with Gasteiger partial charge in [0.05, 0.1) is 13.2 Å². The van der Waals surface area contributed by atoms with Crippen molar-refractivity contribution in [3.8, 4) is 11.5 Å². The van der Waals surface area contributed by atoms with Gasteiger partial charge in [0, 0.05) is 6.04 Å². The van der Waals surface area contributed by atoms with Crippen LogP contribution in [0.2, 0.25) is 0 Å². The number of unbranched alkanes of at least 4 members (excludes halogenated alkanes) is 1. The van der Waals surface area contributed by atoms with Crippen LogP contribution in [0.4, 0.5) is 0 Å². The first-order valence-corrected chi connectivity index (χ1v) is 7.79. The highest BCUT2D eigenvalue weighted by Crippen LogP contribution is 2.29. The predicted molar refractivity (Wildman–Crippen MR) is 84.9 cm³/mol. The van der Waals surface area contributed by atoms with Crippen LogP contribution in [0.15, 0.2) is 18.2 Å². The standard InChI is InChI=1S/C17H29NO2/c1-5-19-16-11-10-15(13-17(16)20-6-2)9-7-8-12-18-14(3)4/h10-11,13-14,18H,5-9,12H2,1-4H3. The lowest BCUT2D eigenvalue weighted by molar-refractivity contribution is 0.287. The third-order valence-corrected chi connectivity index (χ3v) is 3.05. The number of aryl methyl sites for hydroxylation is 1. The number of rotatable bonds is 10. The van der Waals surface area contributed by atoms with Gasteiger partial charge < -0.3 is 14.8 Å². The lowest BCUT2D eigenvalue weighted by Crippen LogP contribution is -2.23. The van der Waals surface area contributed by atoms with E-state index in [1.54, 1.807) is 0 Å². The third-order valence-electron chi connectivity index (χ3n) is 3.05. The van der Waals surface area contributed by atoms with Crippen molar-refractivity contribution in [2.24, 2.45) is 0 Å². The van der Waals surface area contributed by atoms with Crippen LogP contribution in [0.3, 0.4) is 0 Å². The predicted octanol–water partition coefficient (Wildman–Crippen LogP) is 3.80. The van der Waals surface area contributed by atoms with Crippen molar-refractivity contribution in [2.75, 3.05) is 19.8 Å². The Labute approximate surface area is 123 Å². The first-order valence-electron chi connectivity index (χ1n) is 7.79. The van der Waals surface area contributed by atoms with Crippen LogP contribution < -0.4 is 14.8 Å². The molecule has 1 N–H and O–H groups in total. The van der Waals surface area contributed by atoms with Gasteiger partial charge >= 0.3 is 0 Å². The molecule has 0 radical (unpaired) electrons. The van der Waals surface area contributed by atoms with Crippen molar-refractivity contribution in [1.82, 2.24) is 5.32 Å². The van der Waals surface area contributed by atoms with Crippen LogP contribution in [0, 0.1) is 0 Å². The van der Waals surface area contributed by atoms with Gasteiger partial charge in [0.25, 0.3) is 0 Å². The molecule has 0 heterocycles. The summed E-state index contributed by atoms with van der Waals surface area (Å²) >= 11 is 0. The summed E-state index contributed by atoms with van der Waals surface area (Å²) in [5, 5.41) is 3.44. The second-order valence-corrected chi connectivity index (χ2v) is 5.21. The summed E-state index contributed by atoms with van der Waals surface area (Å²) in [6.45, 7) is 10.8. The number of ether oxygens (including phenoxy) is 2. The van der Waals surface area contributed by atoms with Crippen molar-refractivity contribution < 1.29 is 9.47 Å². The first kappa shape index (κ1) is 16.8. The molecule has 114 valence electrons. The molecule has 0 bridgehead atoms. The maximum absolute atomic E-state index is 5.65. The zero-order valence-corrected chi connectivity index (χ0v) is 13.4. The van der Waals surface area contributed by atoms with Crippen molar-refractivity contribution in [3.63, 3.8) is 0 Å². The summed E-state index contributed by atoms with van der Waals surface area (Å²) in [7, 11) is 0. The molecule has 20 heavy (non-hydrogen) atoms. The minimum Gasteiger partial charge on any atom is -0.490 e. The molecule has 0 saturated carbocycles. The second-order valence-electron chi connectivity index (χ2n) is 5.21. The van der Waals surface area contributed by atoms with Crippen molar-refractivity contribution in [2.45, 2.75) is 53.0 Å². The van der Waals surface area contributed by atoms with E-state index in [9.17, 15) is 0 Å². The summed E-state index contributed by atoms with van der Waals surface area (Å²) in [6, 6.07) is 6.86. The number of hydrogen-bond acceptors (Lipinski definition) is 3. The molecular formula is C17H29NO2. The maximum atomic E-state index is 5.65. The fourth-order valence-electron chi connectivity index (χ4n) is 2.10. The highest BCUT2D eigenvalue weighted by atomic mass is 16.5. The minimum absolute atomic E-state index is 0.574. The van der Waals surface area contributed by atoms with E-state index in [4.69, 9.17) is 9.47 Å². The number of hydrogen-bond donors (Lipinski definition) is 1. The third kappa shape index (κ3) is 6.29. The highest BCUT2D eigenvalue weighted by molar-refractivity contribution is 5.43. The van der Waals surface area contributed by atoms with Crippen LogP contribution in [0.25, 0.3) is 0 Å². The van der Waals surface area contributed by atoms with Crippen molar-refractivity contribution in [1.29, 1.82) is 0 Å². The molecule has 0 unspecified atom stereocenters. The van der Waals surface area contributed by atoms with Crippen molar-refractivity contribution in [3.05, 3.63) is 23.8 Å². The van der Waals surface area contributed by atoms with E-state index in [1.165, 1.54) is 18.4 Å². The molecule has 0 aliphatic rings. The Morgan fingerprint density at radius 2 is 1.70 bits per heavy atom. The molecule has 0 aromatic heterocycles. The van der Waals surface area contributed by atoms with Gasteiger partial charge in [-0.25, -0.2) is 0 Å². The van der Waals surface area contributed by atoms with Crippen LogP contribution >= 0.6 is 0 Å². The smallest absolute Gasteiger partial charge is 0.161 e. The van der Waals surface area contributed by atoms with E-state index >= 15 is 0 Å². The van der Waals surface area contributed by atoms with Gasteiger partial charge in [-0.2, -0.15) is 0 Å². The molecule has 0 spiro atoms. The van der Waals surface area contributed by atoms with Crippen LogP contribution in [-0.4, -0.2) is 25.8 Å². The molecule has 0 aliphatic heterocycles. The first-order chi connectivity index (χ1) is 9.67. The molecule has 0 atom stereocenters. The van der Waals surface area contributed by atoms with Gasteiger partial charge in [0.2, 0.25) is 0 Å². The van der Waals surface area contributed by atoms with E-state index in [-0.39, 0.29) is 0 Å². The van der Waals surface area contributed by atoms with E-state index < -0.39 is 0 Å². The van der Waals surface area contributed by atoms with Gasteiger partial charge in [-0.1, -0.05) is 19.9 Å². The molecule has 3 nitrogen and oxygen atoms in total. The van der Waals surface area contributed by atoms with Gasteiger partial charge in [0.1, 0.15) is 0 Å². The fraction of sp³-hybridized carbons (Fsp3) is 0.647. The second kappa shape index (κ2) is 9.65. The molecule has 1 aromatic rings. The zero-order chi connectivity index (χ0) is 14.8. The number of benzene rings is 1. The fourth-order valence-corrected chi connectivity index (χ4v) is 2.10. The van der Waals surface area contributed by atoms with Crippen LogP contribution in [0.5, 0.6) is 11.5 Å². The summed E-state index contributed by atoms with van der Waals surface area (Å²) in [4.78, 5) is 0. The van der Waals surface area contributed by atoms with E-state index in [2.05, 4.69) is 31.3 Å². The van der Waals surface area contributed by atoms with Gasteiger partial charge in [-0.05, 0) is 57.4 Å². The van der Waals surface area contributed by atoms with Crippen LogP contribution in [0.1, 0.15) is 46.1 Å². The van der Waals surface area contributed by atoms with E-state index in [0.717, 1.165) is 24.5 Å². The average Bonchev–Trinajstić information content (AvgIpc) is 2.41. The minimum atomic E-state index is 0.574. The normalized spacial score (nSPS) is 10.8. The molecule has 0 aliphatic carbocycles. The Hall–Kier alpha value is -1.22. The van der Waals surface area contributed by atoms with Gasteiger partial charge in [-0.15, -0.1) is 0 Å². The quantitative estimate of drug-likeness (QED) is 0.661. The Morgan fingerprint density at radius 3 is 2.35 bits per heavy atom. The van der Waals surface area contributed by atoms with Gasteiger partial charge in [0.15, 0.2) is 11.5 Å². The lowest BCUT2D eigenvalue weighted by atomic mass is 10.1. The highest BCUT2D eigenvalue weighted by Gasteiger charge is 2.06. The summed E-state index contributed by atoms with van der Waals surface area (Å²) < 4.78 is 11.2. The summed E-state index contributed by atoms with van der Waals surface area (Å²) in [5.74, 6) is 1.71. The SMILES string of the molecule is CCOc1ccc(CCCCNC(C)C)cc1OCC. The monoisotopic (exact) mass is 279 g/mol. The molecule has 1 rings (SSSR count). The number of nitrogens with one attached hydrogen (secondary N) is 1. The largest absolute Gasteiger partial charge is 0.490 e. The topological polar surface area (TPSA) is 30.5 Å². The van der Waals surface area contributed by atoms with E-state index in [1.807, 2.05) is 19.9 Å². The van der Waals surface area contributed by atoms with E-state index in [0.29, 0.717) is 19.3 Å². The maximum Gasteiger partial charge on any atom is 0.161 e. The Balaban J connectivity index is 2.47. The Morgan fingerprint density at radius 1 is 1.00 bits per heavy atom. The Bertz CT molecular complexity index is 377. The van der Waals surface area contributed by atoms with Crippen LogP contribution in [-0.2, 0) is 6.42 Å².